The molecule has 1 aromatic carbocycles. The highest BCUT2D eigenvalue weighted by Gasteiger charge is 2.05. The van der Waals surface area contributed by atoms with E-state index in [1.54, 1.807) is 0 Å². The van der Waals surface area contributed by atoms with Crippen LogP contribution in [0.1, 0.15) is 32.3 Å². The minimum atomic E-state index is 0.241. The van der Waals surface area contributed by atoms with Crippen LogP contribution < -0.4 is 5.73 Å². The number of nitrogens with two attached hydrogens (primary N) is 1. The monoisotopic (exact) mass is 257 g/mol. The summed E-state index contributed by atoms with van der Waals surface area (Å²) in [5.74, 6) is 1.12. The quantitative estimate of drug-likeness (QED) is 0.776. The molecule has 90 valence electrons. The van der Waals surface area contributed by atoms with Crippen molar-refractivity contribution in [3.63, 3.8) is 0 Å². The van der Waals surface area contributed by atoms with Gasteiger partial charge in [-0.25, -0.2) is 0 Å². The molecule has 0 saturated heterocycles. The van der Waals surface area contributed by atoms with E-state index in [1.165, 1.54) is 16.9 Å². The lowest BCUT2D eigenvalue weighted by Gasteiger charge is -2.10. The summed E-state index contributed by atoms with van der Waals surface area (Å²) in [4.78, 5) is 1.18. The first kappa shape index (κ1) is 13.9. The Hall–Kier alpha value is -0.180. The number of benzene rings is 1. The molecule has 16 heavy (non-hydrogen) atoms. The Balaban J connectivity index is 2.66. The van der Waals surface area contributed by atoms with Gasteiger partial charge in [0.2, 0.25) is 0 Å². The van der Waals surface area contributed by atoms with Crippen molar-refractivity contribution in [2.24, 2.45) is 5.73 Å². The second kappa shape index (κ2) is 7.21. The van der Waals surface area contributed by atoms with Gasteiger partial charge in [0, 0.05) is 10.9 Å². The lowest BCUT2D eigenvalue weighted by Crippen LogP contribution is -2.21. The van der Waals surface area contributed by atoms with Gasteiger partial charge in [-0.2, -0.15) is 0 Å². The molecule has 0 aromatic heterocycles. The van der Waals surface area contributed by atoms with E-state index >= 15 is 0 Å². The van der Waals surface area contributed by atoms with Crippen LogP contribution in [0.3, 0.4) is 0 Å². The highest BCUT2D eigenvalue weighted by atomic mass is 35.5. The Morgan fingerprint density at radius 2 is 2.12 bits per heavy atom. The zero-order valence-electron chi connectivity index (χ0n) is 10.0. The van der Waals surface area contributed by atoms with E-state index in [0.29, 0.717) is 0 Å². The van der Waals surface area contributed by atoms with Gasteiger partial charge >= 0.3 is 0 Å². The van der Waals surface area contributed by atoms with Crippen molar-refractivity contribution < 1.29 is 0 Å². The van der Waals surface area contributed by atoms with E-state index in [0.717, 1.165) is 23.6 Å². The summed E-state index contributed by atoms with van der Waals surface area (Å²) >= 11 is 8.05. The SMILES string of the molecule is CCCSc1ccc(CC(N)CC)cc1Cl. The molecule has 0 aliphatic carbocycles. The molecule has 3 heteroatoms. The normalized spacial score (nSPS) is 12.8. The molecule has 1 aromatic rings. The molecule has 0 aliphatic heterocycles. The molecular formula is C13H20ClNS. The van der Waals surface area contributed by atoms with Crippen LogP contribution >= 0.6 is 23.4 Å². The summed E-state index contributed by atoms with van der Waals surface area (Å²) in [5, 5.41) is 0.860. The second-order valence-corrected chi connectivity index (χ2v) is 5.53. The van der Waals surface area contributed by atoms with Gasteiger partial charge in [0.15, 0.2) is 0 Å². The third-order valence-corrected chi connectivity index (χ3v) is 4.18. The predicted molar refractivity (Wildman–Crippen MR) is 74.4 cm³/mol. The maximum absolute atomic E-state index is 6.23. The van der Waals surface area contributed by atoms with Gasteiger partial charge < -0.3 is 5.73 Å². The van der Waals surface area contributed by atoms with E-state index in [9.17, 15) is 0 Å². The van der Waals surface area contributed by atoms with Gasteiger partial charge in [-0.1, -0.05) is 31.5 Å². The third-order valence-electron chi connectivity index (χ3n) is 2.48. The van der Waals surface area contributed by atoms with Crippen molar-refractivity contribution in [3.8, 4) is 0 Å². The Morgan fingerprint density at radius 1 is 1.38 bits per heavy atom. The number of hydrogen-bond acceptors (Lipinski definition) is 2. The zero-order valence-corrected chi connectivity index (χ0v) is 11.6. The average Bonchev–Trinajstić information content (AvgIpc) is 2.28. The number of rotatable bonds is 6. The molecule has 0 radical (unpaired) electrons. The van der Waals surface area contributed by atoms with Crippen LogP contribution in [0.2, 0.25) is 5.02 Å². The summed E-state index contributed by atoms with van der Waals surface area (Å²) in [6.07, 6.45) is 3.09. The van der Waals surface area contributed by atoms with Crippen LogP contribution in [0, 0.1) is 0 Å². The molecule has 1 unspecified atom stereocenters. The van der Waals surface area contributed by atoms with Gasteiger partial charge in [0.25, 0.3) is 0 Å². The van der Waals surface area contributed by atoms with Crippen molar-refractivity contribution >= 4 is 23.4 Å². The Morgan fingerprint density at radius 3 is 2.69 bits per heavy atom. The largest absolute Gasteiger partial charge is 0.327 e. The molecule has 2 N–H and O–H groups in total. The first-order valence-corrected chi connectivity index (χ1v) is 7.20. The lowest BCUT2D eigenvalue weighted by atomic mass is 10.1. The fourth-order valence-corrected chi connectivity index (χ4v) is 2.60. The molecule has 1 rings (SSSR count). The molecule has 0 heterocycles. The van der Waals surface area contributed by atoms with E-state index in [2.05, 4.69) is 32.0 Å². The molecule has 0 spiro atoms. The molecule has 1 nitrogen and oxygen atoms in total. The molecule has 1 atom stereocenters. The molecule has 0 fully saturated rings. The summed E-state index contributed by atoms with van der Waals surface area (Å²) in [6.45, 7) is 4.29. The van der Waals surface area contributed by atoms with Crippen LogP contribution in [0.4, 0.5) is 0 Å². The first-order valence-electron chi connectivity index (χ1n) is 5.84. The van der Waals surface area contributed by atoms with Crippen molar-refractivity contribution in [1.82, 2.24) is 0 Å². The van der Waals surface area contributed by atoms with Crippen molar-refractivity contribution in [2.45, 2.75) is 44.0 Å². The lowest BCUT2D eigenvalue weighted by molar-refractivity contribution is 0.646. The number of thioether (sulfide) groups is 1. The fourth-order valence-electron chi connectivity index (χ4n) is 1.45. The minimum absolute atomic E-state index is 0.241. The highest BCUT2D eigenvalue weighted by molar-refractivity contribution is 7.99. The molecule has 0 amide bonds. The van der Waals surface area contributed by atoms with Crippen LogP contribution in [0.25, 0.3) is 0 Å². The Kier molecular flexibility index (Phi) is 6.25. The van der Waals surface area contributed by atoms with Crippen LogP contribution in [-0.4, -0.2) is 11.8 Å². The summed E-state index contributed by atoms with van der Waals surface area (Å²) < 4.78 is 0. The molecule has 0 bridgehead atoms. The summed E-state index contributed by atoms with van der Waals surface area (Å²) in [5.41, 5.74) is 7.16. The topological polar surface area (TPSA) is 26.0 Å². The average molecular weight is 258 g/mol. The highest BCUT2D eigenvalue weighted by Crippen LogP contribution is 2.28. The maximum atomic E-state index is 6.23. The van der Waals surface area contributed by atoms with Gasteiger partial charge in [-0.3, -0.25) is 0 Å². The standard InChI is InChI=1S/C13H20ClNS/c1-3-7-16-13-6-5-10(9-12(13)14)8-11(15)4-2/h5-6,9,11H,3-4,7-8,15H2,1-2H3. The van der Waals surface area contributed by atoms with Crippen LogP contribution in [0.15, 0.2) is 23.1 Å². The molecule has 0 saturated carbocycles. The van der Waals surface area contributed by atoms with Crippen molar-refractivity contribution in [3.05, 3.63) is 28.8 Å². The van der Waals surface area contributed by atoms with Gasteiger partial charge in [0.05, 0.1) is 5.02 Å². The Labute approximate surface area is 108 Å². The zero-order chi connectivity index (χ0) is 12.0. The smallest absolute Gasteiger partial charge is 0.0544 e. The van der Waals surface area contributed by atoms with Crippen LogP contribution in [0.5, 0.6) is 0 Å². The third kappa shape index (κ3) is 4.36. The second-order valence-electron chi connectivity index (χ2n) is 3.99. The predicted octanol–water partition coefficient (Wildman–Crippen LogP) is 4.12. The Bertz CT molecular complexity index is 328. The maximum Gasteiger partial charge on any atom is 0.0544 e. The van der Waals surface area contributed by atoms with Gasteiger partial charge in [0.1, 0.15) is 0 Å². The minimum Gasteiger partial charge on any atom is -0.327 e. The number of hydrogen-bond donors (Lipinski definition) is 1. The van der Waals surface area contributed by atoms with Gasteiger partial charge in [-0.15, -0.1) is 11.8 Å². The van der Waals surface area contributed by atoms with E-state index in [-0.39, 0.29) is 6.04 Å². The van der Waals surface area contributed by atoms with E-state index in [4.69, 9.17) is 17.3 Å². The van der Waals surface area contributed by atoms with Crippen molar-refractivity contribution in [2.75, 3.05) is 5.75 Å². The fraction of sp³-hybridized carbons (Fsp3) is 0.538. The van der Waals surface area contributed by atoms with E-state index in [1.807, 2.05) is 11.8 Å². The van der Waals surface area contributed by atoms with Crippen LogP contribution in [-0.2, 0) is 6.42 Å². The number of halogens is 1. The summed E-state index contributed by atoms with van der Waals surface area (Å²) in [6, 6.07) is 6.54. The summed E-state index contributed by atoms with van der Waals surface area (Å²) in [7, 11) is 0. The molecule has 0 aliphatic rings. The first-order chi connectivity index (χ1) is 7.67. The van der Waals surface area contributed by atoms with Gasteiger partial charge in [-0.05, 0) is 42.7 Å². The van der Waals surface area contributed by atoms with Crippen molar-refractivity contribution in [1.29, 1.82) is 0 Å². The van der Waals surface area contributed by atoms with E-state index < -0.39 is 0 Å². The molecular weight excluding hydrogens is 238 g/mol.